The van der Waals surface area contributed by atoms with Gasteiger partial charge in [0.25, 0.3) is 0 Å². The summed E-state index contributed by atoms with van der Waals surface area (Å²) < 4.78 is 0. The fraction of sp³-hybridized carbons (Fsp3) is 0.273. The lowest BCUT2D eigenvalue weighted by atomic mass is 9.84. The summed E-state index contributed by atoms with van der Waals surface area (Å²) in [6, 6.07) is 13.2. The SMILES string of the molecule is Oc1ccc(C=Nc2nc(-c3ccc(C4CCCCC4)cc3)cs2)c(O)c1. The van der Waals surface area contributed by atoms with Crippen LogP contribution >= 0.6 is 11.3 Å². The van der Waals surface area contributed by atoms with Crippen LogP contribution in [0.15, 0.2) is 52.8 Å². The van der Waals surface area contributed by atoms with Crippen molar-refractivity contribution in [3.05, 3.63) is 59.0 Å². The average molecular weight is 378 g/mol. The molecule has 1 fully saturated rings. The Kier molecular flexibility index (Phi) is 5.21. The average Bonchev–Trinajstić information content (AvgIpc) is 3.17. The summed E-state index contributed by atoms with van der Waals surface area (Å²) in [5.41, 5.74) is 3.99. The van der Waals surface area contributed by atoms with Gasteiger partial charge in [-0.2, -0.15) is 0 Å². The molecule has 4 nitrogen and oxygen atoms in total. The predicted octanol–water partition coefficient (Wildman–Crippen LogP) is 6.02. The van der Waals surface area contributed by atoms with Gasteiger partial charge in [-0.05, 0) is 36.5 Å². The minimum atomic E-state index is -0.00571. The molecule has 3 aromatic rings. The Hall–Kier alpha value is -2.66. The topological polar surface area (TPSA) is 65.7 Å². The number of nitrogens with zero attached hydrogens (tertiary/aromatic N) is 2. The number of aromatic nitrogens is 1. The van der Waals surface area contributed by atoms with E-state index in [0.29, 0.717) is 16.6 Å². The monoisotopic (exact) mass is 378 g/mol. The van der Waals surface area contributed by atoms with Gasteiger partial charge >= 0.3 is 0 Å². The van der Waals surface area contributed by atoms with Crippen LogP contribution in [0.3, 0.4) is 0 Å². The second-order valence-electron chi connectivity index (χ2n) is 6.97. The standard InChI is InChI=1S/C22H22N2O2S/c25-19-11-10-18(21(26)12-19)13-23-22-24-20(14-27-22)17-8-6-16(7-9-17)15-4-2-1-3-5-15/h6-15,25-26H,1-5H2. The molecule has 0 spiro atoms. The molecule has 138 valence electrons. The molecule has 1 aliphatic carbocycles. The van der Waals surface area contributed by atoms with E-state index < -0.39 is 0 Å². The summed E-state index contributed by atoms with van der Waals surface area (Å²) >= 11 is 1.46. The van der Waals surface area contributed by atoms with Gasteiger partial charge in [0.2, 0.25) is 5.13 Å². The number of aliphatic imine (C=N–C) groups is 1. The lowest BCUT2D eigenvalue weighted by Crippen LogP contribution is -2.04. The highest BCUT2D eigenvalue weighted by Gasteiger charge is 2.15. The van der Waals surface area contributed by atoms with Gasteiger partial charge in [-0.1, -0.05) is 43.5 Å². The van der Waals surface area contributed by atoms with Crippen molar-refractivity contribution in [2.24, 2.45) is 4.99 Å². The number of hydrogen-bond acceptors (Lipinski definition) is 5. The van der Waals surface area contributed by atoms with E-state index in [-0.39, 0.29) is 11.5 Å². The number of phenolic OH excluding ortho intramolecular Hbond substituents is 2. The molecule has 2 N–H and O–H groups in total. The Morgan fingerprint density at radius 1 is 1.00 bits per heavy atom. The van der Waals surface area contributed by atoms with Crippen LogP contribution in [0.4, 0.5) is 5.13 Å². The molecule has 2 aromatic carbocycles. The molecule has 1 aliphatic rings. The van der Waals surface area contributed by atoms with Crippen LogP contribution in [0, 0.1) is 0 Å². The maximum Gasteiger partial charge on any atom is 0.209 e. The lowest BCUT2D eigenvalue weighted by molar-refractivity contribution is 0.443. The summed E-state index contributed by atoms with van der Waals surface area (Å²) in [5, 5.41) is 21.8. The molecule has 0 amide bonds. The van der Waals surface area contributed by atoms with Crippen molar-refractivity contribution >= 4 is 22.7 Å². The van der Waals surface area contributed by atoms with E-state index >= 15 is 0 Å². The predicted molar refractivity (Wildman–Crippen MR) is 110 cm³/mol. The Morgan fingerprint density at radius 3 is 2.52 bits per heavy atom. The van der Waals surface area contributed by atoms with Crippen molar-refractivity contribution in [1.82, 2.24) is 4.98 Å². The molecular formula is C22H22N2O2S. The Morgan fingerprint density at radius 2 is 1.78 bits per heavy atom. The van der Waals surface area contributed by atoms with Crippen LogP contribution in [-0.2, 0) is 0 Å². The summed E-state index contributed by atoms with van der Waals surface area (Å²) in [6.07, 6.45) is 8.23. The van der Waals surface area contributed by atoms with Crippen LogP contribution in [0.5, 0.6) is 11.5 Å². The van der Waals surface area contributed by atoms with Crippen LogP contribution in [0.1, 0.15) is 49.1 Å². The molecule has 4 rings (SSSR count). The normalized spacial score (nSPS) is 15.4. The van der Waals surface area contributed by atoms with E-state index in [1.807, 2.05) is 5.38 Å². The maximum atomic E-state index is 9.82. The number of benzene rings is 2. The van der Waals surface area contributed by atoms with Gasteiger partial charge in [0.05, 0.1) is 5.69 Å². The summed E-state index contributed by atoms with van der Waals surface area (Å²) in [4.78, 5) is 8.92. The van der Waals surface area contributed by atoms with E-state index in [2.05, 4.69) is 34.2 Å². The first-order valence-electron chi connectivity index (χ1n) is 9.31. The molecule has 27 heavy (non-hydrogen) atoms. The smallest absolute Gasteiger partial charge is 0.209 e. The van der Waals surface area contributed by atoms with Gasteiger partial charge in [0, 0.05) is 28.8 Å². The molecular weight excluding hydrogens is 356 g/mol. The third kappa shape index (κ3) is 4.19. The molecule has 0 radical (unpaired) electrons. The van der Waals surface area contributed by atoms with Crippen molar-refractivity contribution in [1.29, 1.82) is 0 Å². The zero-order valence-corrected chi connectivity index (χ0v) is 15.8. The number of hydrogen-bond donors (Lipinski definition) is 2. The summed E-state index contributed by atoms with van der Waals surface area (Å²) in [5.74, 6) is 0.730. The fourth-order valence-electron chi connectivity index (χ4n) is 3.58. The molecule has 5 heteroatoms. The largest absolute Gasteiger partial charge is 0.508 e. The number of rotatable bonds is 4. The highest BCUT2D eigenvalue weighted by Crippen LogP contribution is 2.34. The van der Waals surface area contributed by atoms with Crippen molar-refractivity contribution in [3.8, 4) is 22.8 Å². The lowest BCUT2D eigenvalue weighted by Gasteiger charge is -2.22. The molecule has 0 atom stereocenters. The molecule has 0 unspecified atom stereocenters. The van der Waals surface area contributed by atoms with Crippen LogP contribution in [0.2, 0.25) is 0 Å². The molecule has 1 heterocycles. The van der Waals surface area contributed by atoms with E-state index in [1.54, 1.807) is 12.3 Å². The molecule has 1 aromatic heterocycles. The first kappa shape index (κ1) is 17.7. The van der Waals surface area contributed by atoms with E-state index in [4.69, 9.17) is 0 Å². The minimum Gasteiger partial charge on any atom is -0.508 e. The van der Waals surface area contributed by atoms with Gasteiger partial charge in [-0.25, -0.2) is 9.98 Å². The zero-order valence-electron chi connectivity index (χ0n) is 15.0. The Balaban J connectivity index is 1.48. The number of phenols is 2. The van der Waals surface area contributed by atoms with Gasteiger partial charge in [0.1, 0.15) is 11.5 Å². The van der Waals surface area contributed by atoms with Crippen LogP contribution < -0.4 is 0 Å². The van der Waals surface area contributed by atoms with Crippen molar-refractivity contribution in [3.63, 3.8) is 0 Å². The van der Waals surface area contributed by atoms with Gasteiger partial charge in [0.15, 0.2) is 0 Å². The molecule has 0 saturated heterocycles. The Labute approximate surface area is 162 Å². The van der Waals surface area contributed by atoms with E-state index in [9.17, 15) is 10.2 Å². The highest BCUT2D eigenvalue weighted by molar-refractivity contribution is 7.13. The molecule has 0 bridgehead atoms. The first-order chi connectivity index (χ1) is 13.2. The maximum absolute atomic E-state index is 9.82. The third-order valence-corrected chi connectivity index (χ3v) is 5.85. The van der Waals surface area contributed by atoms with Crippen LogP contribution in [-0.4, -0.2) is 21.4 Å². The summed E-state index contributed by atoms with van der Waals surface area (Å²) in [6.45, 7) is 0. The van der Waals surface area contributed by atoms with Crippen molar-refractivity contribution in [2.75, 3.05) is 0 Å². The first-order valence-corrected chi connectivity index (χ1v) is 10.2. The molecule has 0 aliphatic heterocycles. The highest BCUT2D eigenvalue weighted by atomic mass is 32.1. The van der Waals surface area contributed by atoms with Gasteiger partial charge < -0.3 is 10.2 Å². The second kappa shape index (κ2) is 7.92. The zero-order chi connectivity index (χ0) is 18.6. The van der Waals surface area contributed by atoms with Crippen LogP contribution in [0.25, 0.3) is 11.3 Å². The second-order valence-corrected chi connectivity index (χ2v) is 7.81. The summed E-state index contributed by atoms with van der Waals surface area (Å²) in [7, 11) is 0. The third-order valence-electron chi connectivity index (χ3n) is 5.10. The number of thiazole rings is 1. The van der Waals surface area contributed by atoms with E-state index in [0.717, 1.165) is 11.3 Å². The Bertz CT molecular complexity index is 941. The fourth-order valence-corrected chi connectivity index (χ4v) is 4.25. The van der Waals surface area contributed by atoms with Crippen molar-refractivity contribution < 1.29 is 10.2 Å². The van der Waals surface area contributed by atoms with E-state index in [1.165, 1.54) is 61.1 Å². The number of aromatic hydroxyl groups is 2. The minimum absolute atomic E-state index is 0.00571. The van der Waals surface area contributed by atoms with Gasteiger partial charge in [-0.3, -0.25) is 0 Å². The molecule has 1 saturated carbocycles. The van der Waals surface area contributed by atoms with Gasteiger partial charge in [-0.15, -0.1) is 11.3 Å². The van der Waals surface area contributed by atoms with Crippen molar-refractivity contribution in [2.45, 2.75) is 38.0 Å². The quantitative estimate of drug-likeness (QED) is 0.546.